The fraction of sp³-hybridized carbons (Fsp3) is 0.462. The lowest BCUT2D eigenvalue weighted by Crippen LogP contribution is -2.29. The zero-order valence-corrected chi connectivity index (χ0v) is 12.4. The molecule has 2 unspecified atom stereocenters. The van der Waals surface area contributed by atoms with Gasteiger partial charge in [0, 0.05) is 16.1 Å². The van der Waals surface area contributed by atoms with Crippen molar-refractivity contribution in [1.29, 1.82) is 0 Å². The van der Waals surface area contributed by atoms with Crippen LogP contribution in [0.1, 0.15) is 24.9 Å². The van der Waals surface area contributed by atoms with Crippen LogP contribution in [0.5, 0.6) is 5.75 Å². The topological polar surface area (TPSA) is 61.5 Å². The minimum Gasteiger partial charge on any atom is -0.496 e. The first-order chi connectivity index (χ1) is 8.54. The van der Waals surface area contributed by atoms with Crippen molar-refractivity contribution in [2.24, 2.45) is 11.7 Å². The molecule has 100 valence electrons. The monoisotopic (exact) mass is 315 g/mol. The first-order valence-electron chi connectivity index (χ1n) is 5.72. The number of methoxy groups -OCH3 is 2. The third-order valence-corrected chi connectivity index (χ3v) is 3.42. The fourth-order valence-electron chi connectivity index (χ4n) is 1.90. The van der Waals surface area contributed by atoms with E-state index in [1.165, 1.54) is 7.11 Å². The van der Waals surface area contributed by atoms with Crippen LogP contribution >= 0.6 is 15.9 Å². The number of ether oxygens (including phenoxy) is 2. The Hall–Kier alpha value is -1.07. The summed E-state index contributed by atoms with van der Waals surface area (Å²) in [5.41, 5.74) is 6.97. The Morgan fingerprint density at radius 2 is 2.11 bits per heavy atom. The molecular formula is C13H18BrNO3. The van der Waals surface area contributed by atoms with Gasteiger partial charge >= 0.3 is 5.97 Å². The van der Waals surface area contributed by atoms with Crippen molar-refractivity contribution in [3.63, 3.8) is 0 Å². The van der Waals surface area contributed by atoms with E-state index >= 15 is 0 Å². The third-order valence-electron chi connectivity index (χ3n) is 2.93. The molecule has 2 N–H and O–H groups in total. The molecule has 0 fully saturated rings. The van der Waals surface area contributed by atoms with Gasteiger partial charge in [-0.2, -0.15) is 0 Å². The zero-order valence-electron chi connectivity index (χ0n) is 10.8. The first kappa shape index (κ1) is 15.0. The lowest BCUT2D eigenvalue weighted by atomic mass is 9.91. The highest BCUT2D eigenvalue weighted by Gasteiger charge is 2.28. The van der Waals surface area contributed by atoms with E-state index in [0.717, 1.165) is 10.0 Å². The van der Waals surface area contributed by atoms with Crippen LogP contribution in [0.15, 0.2) is 22.7 Å². The second-order valence-corrected chi connectivity index (χ2v) is 4.87. The largest absolute Gasteiger partial charge is 0.496 e. The highest BCUT2D eigenvalue weighted by molar-refractivity contribution is 9.10. The highest BCUT2D eigenvalue weighted by Crippen LogP contribution is 2.32. The van der Waals surface area contributed by atoms with Gasteiger partial charge in [0.05, 0.1) is 20.1 Å². The van der Waals surface area contributed by atoms with Gasteiger partial charge in [0.25, 0.3) is 0 Å². The van der Waals surface area contributed by atoms with Crippen molar-refractivity contribution < 1.29 is 14.3 Å². The Bertz CT molecular complexity index is 423. The number of rotatable bonds is 5. The molecule has 1 aromatic rings. The van der Waals surface area contributed by atoms with E-state index in [0.29, 0.717) is 12.2 Å². The molecule has 0 aromatic heterocycles. The number of hydrogen-bond acceptors (Lipinski definition) is 4. The smallest absolute Gasteiger partial charge is 0.310 e. The number of benzene rings is 1. The number of hydrogen-bond donors (Lipinski definition) is 1. The van der Waals surface area contributed by atoms with Crippen molar-refractivity contribution in [1.82, 2.24) is 0 Å². The van der Waals surface area contributed by atoms with Gasteiger partial charge in [-0.15, -0.1) is 0 Å². The molecule has 4 nitrogen and oxygen atoms in total. The maximum absolute atomic E-state index is 11.7. The summed E-state index contributed by atoms with van der Waals surface area (Å²) in [5, 5.41) is 0. The van der Waals surface area contributed by atoms with E-state index in [-0.39, 0.29) is 11.9 Å². The second-order valence-electron chi connectivity index (χ2n) is 3.95. The SMILES string of the molecule is CCC(C(=O)OC)C(N)c1cc(Br)ccc1OC. The summed E-state index contributed by atoms with van der Waals surface area (Å²) in [6.07, 6.45) is 0.615. The van der Waals surface area contributed by atoms with Crippen molar-refractivity contribution >= 4 is 21.9 Å². The van der Waals surface area contributed by atoms with Crippen LogP contribution in [-0.4, -0.2) is 20.2 Å². The molecule has 0 saturated carbocycles. The Kier molecular flexibility index (Phi) is 5.62. The van der Waals surface area contributed by atoms with Gasteiger partial charge in [-0.1, -0.05) is 22.9 Å². The molecule has 0 aliphatic carbocycles. The predicted octanol–water partition coefficient (Wildman–Crippen LogP) is 2.66. The van der Waals surface area contributed by atoms with Crippen molar-refractivity contribution in [3.05, 3.63) is 28.2 Å². The van der Waals surface area contributed by atoms with Crippen molar-refractivity contribution in [2.45, 2.75) is 19.4 Å². The molecule has 5 heteroatoms. The summed E-state index contributed by atoms with van der Waals surface area (Å²) >= 11 is 3.39. The fourth-order valence-corrected chi connectivity index (χ4v) is 2.28. The average molecular weight is 316 g/mol. The van der Waals surface area contributed by atoms with Gasteiger partial charge in [0.2, 0.25) is 0 Å². The van der Waals surface area contributed by atoms with Gasteiger partial charge in [-0.05, 0) is 24.6 Å². The van der Waals surface area contributed by atoms with Crippen molar-refractivity contribution in [2.75, 3.05) is 14.2 Å². The van der Waals surface area contributed by atoms with E-state index in [1.54, 1.807) is 7.11 Å². The molecule has 0 radical (unpaired) electrons. The maximum atomic E-state index is 11.7. The van der Waals surface area contributed by atoms with E-state index in [2.05, 4.69) is 15.9 Å². The molecule has 0 heterocycles. The van der Waals surface area contributed by atoms with Gasteiger partial charge in [-0.3, -0.25) is 4.79 Å². The summed E-state index contributed by atoms with van der Waals surface area (Å²) in [6, 6.07) is 5.11. The van der Waals surface area contributed by atoms with Crippen molar-refractivity contribution in [3.8, 4) is 5.75 Å². The lowest BCUT2D eigenvalue weighted by Gasteiger charge is -2.22. The van der Waals surface area contributed by atoms with Gasteiger partial charge in [0.15, 0.2) is 0 Å². The summed E-state index contributed by atoms with van der Waals surface area (Å²) in [6.45, 7) is 1.91. The van der Waals surface area contributed by atoms with Crippen LogP contribution in [-0.2, 0) is 9.53 Å². The molecule has 1 aromatic carbocycles. The summed E-state index contributed by atoms with van der Waals surface area (Å²) in [5.74, 6) is -0.00159. The molecule has 1 rings (SSSR count). The van der Waals surface area contributed by atoms with E-state index < -0.39 is 6.04 Å². The van der Waals surface area contributed by atoms with Crippen LogP contribution in [0.25, 0.3) is 0 Å². The van der Waals surface area contributed by atoms with Gasteiger partial charge < -0.3 is 15.2 Å². The number of esters is 1. The highest BCUT2D eigenvalue weighted by atomic mass is 79.9. The lowest BCUT2D eigenvalue weighted by molar-refractivity contribution is -0.146. The molecule has 0 aliphatic rings. The minimum absolute atomic E-state index is 0.299. The Labute approximate surface area is 116 Å². The molecule has 0 aliphatic heterocycles. The summed E-state index contributed by atoms with van der Waals surface area (Å²) in [7, 11) is 2.95. The van der Waals surface area contributed by atoms with Crippen LogP contribution in [0.3, 0.4) is 0 Å². The quantitative estimate of drug-likeness (QED) is 0.848. The average Bonchev–Trinajstić information content (AvgIpc) is 2.39. The van der Waals surface area contributed by atoms with Crippen LogP contribution < -0.4 is 10.5 Å². The van der Waals surface area contributed by atoms with Crippen LogP contribution in [0.4, 0.5) is 0 Å². The second kappa shape index (κ2) is 6.75. The molecule has 0 saturated heterocycles. The Balaban J connectivity index is 3.11. The molecular weight excluding hydrogens is 298 g/mol. The van der Waals surface area contributed by atoms with E-state index in [9.17, 15) is 4.79 Å². The van der Waals surface area contributed by atoms with E-state index in [1.807, 2.05) is 25.1 Å². The van der Waals surface area contributed by atoms with Crippen LogP contribution in [0.2, 0.25) is 0 Å². The zero-order chi connectivity index (χ0) is 13.7. The summed E-state index contributed by atoms with van der Waals surface area (Å²) in [4.78, 5) is 11.7. The standard InChI is InChI=1S/C13H18BrNO3/c1-4-9(13(16)18-3)12(15)10-7-8(14)5-6-11(10)17-2/h5-7,9,12H,4,15H2,1-3H3. The third kappa shape index (κ3) is 3.23. The van der Waals surface area contributed by atoms with Gasteiger partial charge in [0.1, 0.15) is 5.75 Å². The normalized spacial score (nSPS) is 13.8. The summed E-state index contributed by atoms with van der Waals surface area (Å²) < 4.78 is 11.0. The number of nitrogens with two attached hydrogens (primary N) is 1. The number of carbonyl (C=O) groups is 1. The first-order valence-corrected chi connectivity index (χ1v) is 6.51. The Morgan fingerprint density at radius 1 is 1.44 bits per heavy atom. The molecule has 0 spiro atoms. The number of carbonyl (C=O) groups excluding carboxylic acids is 1. The minimum atomic E-state index is -0.449. The van der Waals surface area contributed by atoms with Gasteiger partial charge in [-0.25, -0.2) is 0 Å². The predicted molar refractivity (Wildman–Crippen MR) is 73.4 cm³/mol. The number of halogens is 1. The molecule has 18 heavy (non-hydrogen) atoms. The molecule has 0 bridgehead atoms. The van der Waals surface area contributed by atoms with E-state index in [4.69, 9.17) is 15.2 Å². The molecule has 2 atom stereocenters. The van der Waals surface area contributed by atoms with Crippen LogP contribution in [0, 0.1) is 5.92 Å². The maximum Gasteiger partial charge on any atom is 0.310 e. The Morgan fingerprint density at radius 3 is 2.61 bits per heavy atom. The molecule has 0 amide bonds.